The van der Waals surface area contributed by atoms with Gasteiger partial charge in [-0.15, -0.1) is 0 Å². The van der Waals surface area contributed by atoms with Gasteiger partial charge in [0.05, 0.1) is 29.1 Å². The summed E-state index contributed by atoms with van der Waals surface area (Å²) >= 11 is 0. The monoisotopic (exact) mass is 391 g/mol. The van der Waals surface area contributed by atoms with Gasteiger partial charge in [0, 0.05) is 0 Å². The number of nitriles is 1. The number of carbonyl (C=O) groups is 1. The summed E-state index contributed by atoms with van der Waals surface area (Å²) in [4.78, 5) is 16.3. The summed E-state index contributed by atoms with van der Waals surface area (Å²) in [5, 5.41) is 15.2. The van der Waals surface area contributed by atoms with E-state index in [1.54, 1.807) is 6.92 Å². The first-order valence-electron chi connectivity index (χ1n) is 8.05. The zero-order chi connectivity index (χ0) is 20.6. The lowest BCUT2D eigenvalue weighted by molar-refractivity contribution is -0.149. The predicted octanol–water partition coefficient (Wildman–Crippen LogP) is 3.40. The Hall–Kier alpha value is -3.48. The molecule has 3 aromatic rings. The number of imidazole rings is 1. The number of fused-ring (bicyclic) bond motifs is 1. The van der Waals surface area contributed by atoms with Gasteiger partial charge in [0.1, 0.15) is 11.9 Å². The summed E-state index contributed by atoms with van der Waals surface area (Å²) in [5.74, 6) is -1.72. The molecule has 28 heavy (non-hydrogen) atoms. The quantitative estimate of drug-likeness (QED) is 0.694. The number of hydrogen-bond donors (Lipinski definition) is 1. The molecule has 0 aliphatic rings. The van der Waals surface area contributed by atoms with Crippen LogP contribution in [0.25, 0.3) is 16.9 Å². The van der Waals surface area contributed by atoms with Crippen LogP contribution in [0.15, 0.2) is 30.5 Å². The minimum Gasteiger partial charge on any atom is -0.339 e. The van der Waals surface area contributed by atoms with Crippen LogP contribution in [0.3, 0.4) is 0 Å². The summed E-state index contributed by atoms with van der Waals surface area (Å²) in [6, 6.07) is 5.22. The molecular weight excluding hydrogens is 378 g/mol. The van der Waals surface area contributed by atoms with Crippen LogP contribution in [0, 0.1) is 24.1 Å². The van der Waals surface area contributed by atoms with Crippen LogP contribution in [-0.4, -0.2) is 32.7 Å². The number of alkyl halides is 3. The van der Waals surface area contributed by atoms with Gasteiger partial charge in [-0.25, -0.2) is 13.9 Å². The first kappa shape index (κ1) is 19.3. The third kappa shape index (κ3) is 3.38. The molecule has 1 N–H and O–H groups in total. The second-order valence-corrected chi connectivity index (χ2v) is 6.10. The summed E-state index contributed by atoms with van der Waals surface area (Å²) in [6.45, 7) is 2.43. The Morgan fingerprint density at radius 2 is 2.07 bits per heavy atom. The molecule has 0 saturated carbocycles. The molecule has 0 fully saturated rings. The van der Waals surface area contributed by atoms with Gasteiger partial charge in [-0.3, -0.25) is 4.79 Å². The molecule has 1 atom stereocenters. The van der Waals surface area contributed by atoms with Crippen LogP contribution < -0.4 is 5.32 Å². The van der Waals surface area contributed by atoms with Crippen molar-refractivity contribution in [1.82, 2.24) is 19.9 Å². The van der Waals surface area contributed by atoms with Crippen LogP contribution in [0.5, 0.6) is 0 Å². The molecule has 0 unspecified atom stereocenters. The second kappa shape index (κ2) is 6.92. The first-order chi connectivity index (χ1) is 13.1. The average Bonchev–Trinajstić information content (AvgIpc) is 3.05. The summed E-state index contributed by atoms with van der Waals surface area (Å²) < 4.78 is 53.5. The number of hydrogen-bond acceptors (Lipinski definition) is 4. The lowest BCUT2D eigenvalue weighted by atomic mass is 10.0. The van der Waals surface area contributed by atoms with Crippen molar-refractivity contribution < 1.29 is 22.4 Å². The molecule has 0 bridgehead atoms. The van der Waals surface area contributed by atoms with E-state index in [4.69, 9.17) is 0 Å². The number of benzene rings is 1. The van der Waals surface area contributed by atoms with Crippen LogP contribution in [0.1, 0.15) is 28.5 Å². The fourth-order valence-electron chi connectivity index (χ4n) is 2.63. The first-order valence-corrected chi connectivity index (χ1v) is 8.05. The Morgan fingerprint density at radius 3 is 2.71 bits per heavy atom. The Balaban J connectivity index is 2.13. The number of rotatable bonds is 3. The fraction of sp³-hybridized carbons (Fsp3) is 0.222. The summed E-state index contributed by atoms with van der Waals surface area (Å²) in [7, 11) is 0. The van der Waals surface area contributed by atoms with Gasteiger partial charge in [0.25, 0.3) is 5.91 Å². The maximum atomic E-state index is 14.3. The summed E-state index contributed by atoms with van der Waals surface area (Å²) in [5.41, 5.74) is 0.492. The molecule has 0 saturated heterocycles. The Bertz CT molecular complexity index is 1110. The van der Waals surface area contributed by atoms with E-state index in [9.17, 15) is 27.6 Å². The van der Waals surface area contributed by atoms with Crippen molar-refractivity contribution in [2.45, 2.75) is 26.1 Å². The van der Waals surface area contributed by atoms with Gasteiger partial charge in [0.15, 0.2) is 11.3 Å². The topological polar surface area (TPSA) is 83.1 Å². The predicted molar refractivity (Wildman–Crippen MR) is 90.8 cm³/mol. The normalized spacial score (nSPS) is 12.6. The number of halogens is 4. The van der Waals surface area contributed by atoms with Crippen molar-refractivity contribution in [1.29, 1.82) is 5.26 Å². The van der Waals surface area contributed by atoms with E-state index in [1.807, 2.05) is 11.4 Å². The molecule has 0 radical (unpaired) electrons. The van der Waals surface area contributed by atoms with E-state index < -0.39 is 23.9 Å². The third-order valence-corrected chi connectivity index (χ3v) is 4.11. The standard InChI is InChI=1S/C18H13F4N5O/c1-9-6-13(15-11(7-23)4-3-5-12(15)19)26-27-14(8-24-16(9)27)17(28)25-10(2)18(20,21)22/h3-6,8,10H,1-2H3,(H,25,28)/t10-/m0/s1. The van der Waals surface area contributed by atoms with Crippen LogP contribution in [0.4, 0.5) is 17.6 Å². The van der Waals surface area contributed by atoms with Crippen LogP contribution in [0.2, 0.25) is 0 Å². The van der Waals surface area contributed by atoms with Crippen molar-refractivity contribution in [2.75, 3.05) is 0 Å². The largest absolute Gasteiger partial charge is 0.408 e. The third-order valence-electron chi connectivity index (χ3n) is 4.11. The number of aryl methyl sites for hydroxylation is 1. The number of nitrogens with one attached hydrogen (secondary N) is 1. The van der Waals surface area contributed by atoms with Crippen molar-refractivity contribution in [3.05, 3.63) is 53.1 Å². The SMILES string of the molecule is Cc1cc(-c2c(F)cccc2C#N)nn2c(C(=O)N[C@@H](C)C(F)(F)F)cnc12. The molecular formula is C18H13F4N5O. The molecule has 2 aromatic heterocycles. The minimum atomic E-state index is -4.61. The molecule has 1 aromatic carbocycles. The van der Waals surface area contributed by atoms with Crippen LogP contribution >= 0.6 is 0 Å². The van der Waals surface area contributed by atoms with Crippen molar-refractivity contribution in [2.24, 2.45) is 0 Å². The van der Waals surface area contributed by atoms with Crippen molar-refractivity contribution in [3.63, 3.8) is 0 Å². The highest BCUT2D eigenvalue weighted by atomic mass is 19.4. The second-order valence-electron chi connectivity index (χ2n) is 6.10. The number of aromatic nitrogens is 3. The Labute approximate surface area is 156 Å². The molecule has 10 heteroatoms. The molecule has 0 spiro atoms. The van der Waals surface area contributed by atoms with E-state index in [-0.39, 0.29) is 28.2 Å². The number of nitrogens with zero attached hydrogens (tertiary/aromatic N) is 4. The Kier molecular flexibility index (Phi) is 4.77. The smallest absolute Gasteiger partial charge is 0.339 e. The van der Waals surface area contributed by atoms with Gasteiger partial charge >= 0.3 is 6.18 Å². The van der Waals surface area contributed by atoms with E-state index >= 15 is 0 Å². The summed E-state index contributed by atoms with van der Waals surface area (Å²) in [6.07, 6.45) is -3.52. The molecule has 144 valence electrons. The maximum Gasteiger partial charge on any atom is 0.408 e. The molecule has 0 aliphatic heterocycles. The Morgan fingerprint density at radius 1 is 1.36 bits per heavy atom. The average molecular weight is 391 g/mol. The zero-order valence-electron chi connectivity index (χ0n) is 14.7. The van der Waals surface area contributed by atoms with Crippen molar-refractivity contribution >= 4 is 11.6 Å². The van der Waals surface area contributed by atoms with Gasteiger partial charge in [-0.05, 0) is 37.6 Å². The molecule has 6 nitrogen and oxygen atoms in total. The highest BCUT2D eigenvalue weighted by Crippen LogP contribution is 2.27. The van der Waals surface area contributed by atoms with E-state index in [1.165, 1.54) is 18.2 Å². The maximum absolute atomic E-state index is 14.3. The van der Waals surface area contributed by atoms with Gasteiger partial charge in [-0.2, -0.15) is 23.5 Å². The highest BCUT2D eigenvalue weighted by molar-refractivity contribution is 5.93. The van der Waals surface area contributed by atoms with Gasteiger partial charge in [0.2, 0.25) is 0 Å². The van der Waals surface area contributed by atoms with E-state index in [0.29, 0.717) is 5.56 Å². The molecule has 2 heterocycles. The van der Waals surface area contributed by atoms with Crippen LogP contribution in [-0.2, 0) is 0 Å². The fourth-order valence-corrected chi connectivity index (χ4v) is 2.63. The van der Waals surface area contributed by atoms with E-state index in [0.717, 1.165) is 23.7 Å². The van der Waals surface area contributed by atoms with E-state index in [2.05, 4.69) is 10.1 Å². The number of carbonyl (C=O) groups excluding carboxylic acids is 1. The lowest BCUT2D eigenvalue weighted by Crippen LogP contribution is -2.43. The zero-order valence-corrected chi connectivity index (χ0v) is 14.7. The van der Waals surface area contributed by atoms with Gasteiger partial charge in [-0.1, -0.05) is 6.07 Å². The minimum absolute atomic E-state index is 0.0306. The molecule has 3 rings (SSSR count). The van der Waals surface area contributed by atoms with Gasteiger partial charge < -0.3 is 5.32 Å². The molecule has 0 aliphatic carbocycles. The highest BCUT2D eigenvalue weighted by Gasteiger charge is 2.37. The molecule has 1 amide bonds. The van der Waals surface area contributed by atoms with Crippen molar-refractivity contribution in [3.8, 4) is 17.3 Å². The lowest BCUT2D eigenvalue weighted by Gasteiger charge is -2.16. The number of amides is 1.